The molecule has 1 N–H and O–H groups in total. The number of nitrogens with zero attached hydrogens (tertiary/aromatic N) is 3. The maximum atomic E-state index is 12.4. The normalized spacial score (nSPS) is 12.8. The Morgan fingerprint density at radius 2 is 2.11 bits per heavy atom. The van der Waals surface area contributed by atoms with E-state index in [0.717, 1.165) is 27.1 Å². The standard InChI is InChI=1S/C15H18N4O5S3/c1-3-6-25-15-18-17-14(26-15)16-13(20)8-19(27(2,21)22)10-4-5-11-12(7-10)24-9-23-11/h4-5,7H,3,6,8-9H2,1-2H3,(H,16,17,20). The number of aromatic nitrogens is 2. The van der Waals surface area contributed by atoms with E-state index in [4.69, 9.17) is 9.47 Å². The molecule has 2 heterocycles. The molecule has 3 rings (SSSR count). The minimum Gasteiger partial charge on any atom is -0.454 e. The summed E-state index contributed by atoms with van der Waals surface area (Å²) in [6, 6.07) is 4.70. The quantitative estimate of drug-likeness (QED) is 0.501. The van der Waals surface area contributed by atoms with Crippen LogP contribution < -0.4 is 19.1 Å². The Balaban J connectivity index is 1.71. The summed E-state index contributed by atoms with van der Waals surface area (Å²) >= 11 is 2.81. The van der Waals surface area contributed by atoms with Gasteiger partial charge in [0.2, 0.25) is 27.9 Å². The molecule has 0 atom stereocenters. The predicted molar refractivity (Wildman–Crippen MR) is 104 cm³/mol. The summed E-state index contributed by atoms with van der Waals surface area (Å²) in [6.45, 7) is 1.75. The molecule has 1 aromatic carbocycles. The Labute approximate surface area is 165 Å². The zero-order valence-corrected chi connectivity index (χ0v) is 17.1. The van der Waals surface area contributed by atoms with Crippen molar-refractivity contribution in [2.24, 2.45) is 0 Å². The third-order valence-corrected chi connectivity index (χ3v) is 6.73. The van der Waals surface area contributed by atoms with Gasteiger partial charge in [0.1, 0.15) is 6.54 Å². The molecule has 0 bridgehead atoms. The van der Waals surface area contributed by atoms with Gasteiger partial charge in [-0.3, -0.25) is 14.4 Å². The van der Waals surface area contributed by atoms with Crippen molar-refractivity contribution in [1.29, 1.82) is 0 Å². The molecule has 0 unspecified atom stereocenters. The van der Waals surface area contributed by atoms with E-state index in [1.807, 2.05) is 0 Å². The second-order valence-electron chi connectivity index (χ2n) is 5.58. The number of fused-ring (bicyclic) bond motifs is 1. The van der Waals surface area contributed by atoms with E-state index in [9.17, 15) is 13.2 Å². The van der Waals surface area contributed by atoms with Crippen LogP contribution in [0.4, 0.5) is 10.8 Å². The maximum absolute atomic E-state index is 12.4. The van der Waals surface area contributed by atoms with Gasteiger partial charge in [-0.15, -0.1) is 10.2 Å². The molecule has 9 nitrogen and oxygen atoms in total. The average Bonchev–Trinajstić information content (AvgIpc) is 3.25. The monoisotopic (exact) mass is 430 g/mol. The van der Waals surface area contributed by atoms with Crippen molar-refractivity contribution < 1.29 is 22.7 Å². The molecular formula is C15H18N4O5S3. The fraction of sp³-hybridized carbons (Fsp3) is 0.400. The Bertz CT molecular complexity index is 931. The third-order valence-electron chi connectivity index (χ3n) is 3.41. The SMILES string of the molecule is CCCSc1nnc(NC(=O)CN(c2ccc3c(c2)OCO3)S(C)(=O)=O)s1. The highest BCUT2D eigenvalue weighted by atomic mass is 32.2. The van der Waals surface area contributed by atoms with Crippen molar-refractivity contribution in [3.8, 4) is 11.5 Å². The highest BCUT2D eigenvalue weighted by molar-refractivity contribution is 8.01. The minimum atomic E-state index is -3.69. The van der Waals surface area contributed by atoms with Crippen molar-refractivity contribution >= 4 is 49.8 Å². The summed E-state index contributed by atoms with van der Waals surface area (Å²) in [6.07, 6.45) is 2.04. The van der Waals surface area contributed by atoms with E-state index in [0.29, 0.717) is 22.3 Å². The molecule has 1 aromatic heterocycles. The van der Waals surface area contributed by atoms with E-state index in [2.05, 4.69) is 22.4 Å². The van der Waals surface area contributed by atoms with Gasteiger partial charge in [0.15, 0.2) is 15.8 Å². The molecule has 2 aromatic rings. The van der Waals surface area contributed by atoms with Crippen molar-refractivity contribution in [2.45, 2.75) is 17.7 Å². The number of anilines is 2. The second-order valence-corrected chi connectivity index (χ2v) is 9.80. The number of benzene rings is 1. The van der Waals surface area contributed by atoms with Crippen LogP contribution in [0.15, 0.2) is 22.5 Å². The average molecular weight is 431 g/mol. The molecule has 0 spiro atoms. The summed E-state index contributed by atoms with van der Waals surface area (Å²) in [7, 11) is -3.69. The molecule has 146 valence electrons. The van der Waals surface area contributed by atoms with Crippen LogP contribution in [-0.2, 0) is 14.8 Å². The molecule has 1 aliphatic rings. The van der Waals surface area contributed by atoms with Crippen LogP contribution in [0.1, 0.15) is 13.3 Å². The number of hydrogen-bond donors (Lipinski definition) is 1. The van der Waals surface area contributed by atoms with E-state index >= 15 is 0 Å². The number of hydrogen-bond acceptors (Lipinski definition) is 9. The van der Waals surface area contributed by atoms with Gasteiger partial charge in [-0.2, -0.15) is 0 Å². The van der Waals surface area contributed by atoms with Crippen LogP contribution in [0.2, 0.25) is 0 Å². The topological polar surface area (TPSA) is 111 Å². The molecule has 1 aliphatic heterocycles. The zero-order valence-electron chi connectivity index (χ0n) is 14.7. The molecule has 0 radical (unpaired) electrons. The van der Waals surface area contributed by atoms with Crippen LogP contribution in [0, 0.1) is 0 Å². The molecule has 1 amide bonds. The van der Waals surface area contributed by atoms with Gasteiger partial charge in [0, 0.05) is 11.8 Å². The molecule has 0 saturated carbocycles. The largest absolute Gasteiger partial charge is 0.454 e. The maximum Gasteiger partial charge on any atom is 0.246 e. The Morgan fingerprint density at radius 3 is 2.85 bits per heavy atom. The number of rotatable bonds is 8. The van der Waals surface area contributed by atoms with Crippen molar-refractivity contribution in [3.05, 3.63) is 18.2 Å². The molecule has 0 saturated heterocycles. The lowest BCUT2D eigenvalue weighted by atomic mass is 10.3. The number of nitrogens with one attached hydrogen (secondary N) is 1. The van der Waals surface area contributed by atoms with Gasteiger partial charge in [-0.1, -0.05) is 30.0 Å². The van der Waals surface area contributed by atoms with Gasteiger partial charge >= 0.3 is 0 Å². The number of carbonyl (C=O) groups excluding carboxylic acids is 1. The number of carbonyl (C=O) groups is 1. The van der Waals surface area contributed by atoms with Crippen LogP contribution >= 0.6 is 23.1 Å². The summed E-state index contributed by atoms with van der Waals surface area (Å²) in [5.41, 5.74) is 0.313. The van der Waals surface area contributed by atoms with Gasteiger partial charge in [0.25, 0.3) is 0 Å². The van der Waals surface area contributed by atoms with Gasteiger partial charge < -0.3 is 9.47 Å². The van der Waals surface area contributed by atoms with Crippen molar-refractivity contribution in [1.82, 2.24) is 10.2 Å². The summed E-state index contributed by atoms with van der Waals surface area (Å²) < 4.78 is 36.6. The lowest BCUT2D eigenvalue weighted by Crippen LogP contribution is -2.37. The van der Waals surface area contributed by atoms with E-state index in [1.54, 1.807) is 23.9 Å². The molecule has 0 aliphatic carbocycles. The predicted octanol–water partition coefficient (Wildman–Crippen LogP) is 2.17. The lowest BCUT2D eigenvalue weighted by molar-refractivity contribution is -0.114. The van der Waals surface area contributed by atoms with Gasteiger partial charge in [-0.05, 0) is 18.6 Å². The second kappa shape index (κ2) is 8.31. The lowest BCUT2D eigenvalue weighted by Gasteiger charge is -2.21. The summed E-state index contributed by atoms with van der Waals surface area (Å²) in [5, 5.41) is 10.8. The fourth-order valence-corrected chi connectivity index (χ4v) is 4.78. The third kappa shape index (κ3) is 5.02. The first-order valence-corrected chi connectivity index (χ1v) is 11.7. The molecule has 27 heavy (non-hydrogen) atoms. The molecule has 12 heteroatoms. The zero-order chi connectivity index (χ0) is 19.4. The van der Waals surface area contributed by atoms with Crippen molar-refractivity contribution in [2.75, 3.05) is 35.0 Å². The minimum absolute atomic E-state index is 0.0770. The first-order valence-electron chi connectivity index (χ1n) is 8.00. The first kappa shape index (κ1) is 19.7. The molecule has 0 fully saturated rings. The number of ether oxygens (including phenoxy) is 2. The van der Waals surface area contributed by atoms with Gasteiger partial charge in [0.05, 0.1) is 11.9 Å². The van der Waals surface area contributed by atoms with Gasteiger partial charge in [-0.25, -0.2) is 8.42 Å². The van der Waals surface area contributed by atoms with E-state index in [-0.39, 0.29) is 6.79 Å². The highest BCUT2D eigenvalue weighted by Crippen LogP contribution is 2.36. The fourth-order valence-electron chi connectivity index (χ4n) is 2.24. The number of amides is 1. The van der Waals surface area contributed by atoms with E-state index < -0.39 is 22.5 Å². The summed E-state index contributed by atoms with van der Waals surface area (Å²) in [4.78, 5) is 12.4. The van der Waals surface area contributed by atoms with Crippen LogP contribution in [0.3, 0.4) is 0 Å². The van der Waals surface area contributed by atoms with Crippen LogP contribution in [-0.4, -0.2) is 49.9 Å². The van der Waals surface area contributed by atoms with Crippen molar-refractivity contribution in [3.63, 3.8) is 0 Å². The van der Waals surface area contributed by atoms with Crippen LogP contribution in [0.5, 0.6) is 11.5 Å². The Kier molecular flexibility index (Phi) is 6.07. The number of thioether (sulfide) groups is 1. The Hall–Kier alpha value is -2.05. The highest BCUT2D eigenvalue weighted by Gasteiger charge is 2.24. The Morgan fingerprint density at radius 1 is 1.33 bits per heavy atom. The smallest absolute Gasteiger partial charge is 0.246 e. The van der Waals surface area contributed by atoms with E-state index in [1.165, 1.54) is 17.4 Å². The summed E-state index contributed by atoms with van der Waals surface area (Å²) in [5.74, 6) is 1.36. The van der Waals surface area contributed by atoms with Crippen LogP contribution in [0.25, 0.3) is 0 Å². The number of sulfonamides is 1. The molecular weight excluding hydrogens is 412 g/mol. The first-order chi connectivity index (χ1) is 12.9.